The largest absolute Gasteiger partial charge is 0.462 e. The van der Waals surface area contributed by atoms with Gasteiger partial charge in [0.1, 0.15) is 6.61 Å². The molecule has 0 aliphatic rings. The van der Waals surface area contributed by atoms with E-state index >= 15 is 0 Å². The van der Waals surface area contributed by atoms with Crippen LogP contribution in [0, 0.1) is 0 Å². The molecule has 382 valence electrons. The minimum absolute atomic E-state index is 0.0721. The van der Waals surface area contributed by atoms with E-state index in [0.717, 1.165) is 83.5 Å². The molecule has 0 saturated carbocycles. The van der Waals surface area contributed by atoms with Crippen LogP contribution in [0.25, 0.3) is 0 Å². The molecule has 0 aliphatic heterocycles. The number of ether oxygens (including phenoxy) is 3. The Morgan fingerprint density at radius 2 is 0.682 bits per heavy atom. The smallest absolute Gasteiger partial charge is 0.306 e. The van der Waals surface area contributed by atoms with Crippen LogP contribution in [-0.4, -0.2) is 37.9 Å². The fraction of sp³-hybridized carbons (Fsp3) is 0.770. The van der Waals surface area contributed by atoms with E-state index in [9.17, 15) is 9.59 Å². The maximum Gasteiger partial charge on any atom is 0.306 e. The Balaban J connectivity index is 4.29. The van der Waals surface area contributed by atoms with Crippen molar-refractivity contribution in [2.24, 2.45) is 0 Å². The zero-order chi connectivity index (χ0) is 47.7. The van der Waals surface area contributed by atoms with E-state index in [1.54, 1.807) is 0 Å². The first-order valence-corrected chi connectivity index (χ1v) is 28.5. The molecular formula is C61H108O5. The second-order valence-corrected chi connectivity index (χ2v) is 18.8. The minimum Gasteiger partial charge on any atom is -0.462 e. The average molecular weight is 922 g/mol. The van der Waals surface area contributed by atoms with Gasteiger partial charge in [-0.2, -0.15) is 0 Å². The first-order valence-electron chi connectivity index (χ1n) is 28.5. The molecule has 0 amide bonds. The number of rotatable bonds is 52. The molecule has 0 aliphatic carbocycles. The van der Waals surface area contributed by atoms with Gasteiger partial charge in [0.15, 0.2) is 6.10 Å². The summed E-state index contributed by atoms with van der Waals surface area (Å²) in [6.07, 6.45) is 73.5. The molecule has 0 spiro atoms. The van der Waals surface area contributed by atoms with Crippen LogP contribution in [0.4, 0.5) is 0 Å². The molecule has 0 radical (unpaired) electrons. The molecule has 1 atom stereocenters. The van der Waals surface area contributed by atoms with Crippen molar-refractivity contribution in [2.75, 3.05) is 19.8 Å². The standard InChI is InChI=1S/C61H108O5/c1-4-7-10-13-16-19-22-25-28-30-31-32-34-36-39-42-45-48-51-54-60(62)65-58-59(57-64-56-53-50-47-44-41-38-35-29-26-23-20-17-14-11-8-5-2)66-61(63)55-52-49-46-43-40-37-33-27-24-21-18-15-12-9-6-3/h8,11,17-18,20-21,25-29,33,59H,4-7,9-10,12-16,19,22-24,30-32,34-58H2,1-3H3/b11-8-,20-17-,21-18-,28-25-,29-26-,33-27-. The van der Waals surface area contributed by atoms with Crippen LogP contribution in [-0.2, 0) is 23.8 Å². The van der Waals surface area contributed by atoms with Crippen molar-refractivity contribution in [1.29, 1.82) is 0 Å². The van der Waals surface area contributed by atoms with Crippen LogP contribution < -0.4 is 0 Å². The molecule has 1 unspecified atom stereocenters. The first kappa shape index (κ1) is 63.3. The van der Waals surface area contributed by atoms with E-state index in [1.165, 1.54) is 161 Å². The van der Waals surface area contributed by atoms with Crippen molar-refractivity contribution in [3.05, 3.63) is 72.9 Å². The maximum absolute atomic E-state index is 12.8. The molecule has 5 nitrogen and oxygen atoms in total. The van der Waals surface area contributed by atoms with Gasteiger partial charge in [-0.25, -0.2) is 0 Å². The second-order valence-electron chi connectivity index (χ2n) is 18.8. The van der Waals surface area contributed by atoms with Crippen molar-refractivity contribution < 1.29 is 23.8 Å². The Bertz CT molecular complexity index is 1180. The summed E-state index contributed by atoms with van der Waals surface area (Å²) >= 11 is 0. The molecule has 0 bridgehead atoms. The average Bonchev–Trinajstić information content (AvgIpc) is 3.32. The highest BCUT2D eigenvalue weighted by Gasteiger charge is 2.17. The zero-order valence-corrected chi connectivity index (χ0v) is 44.0. The predicted octanol–water partition coefficient (Wildman–Crippen LogP) is 19.5. The van der Waals surface area contributed by atoms with Crippen molar-refractivity contribution in [1.82, 2.24) is 0 Å². The van der Waals surface area contributed by atoms with Gasteiger partial charge in [0.05, 0.1) is 6.61 Å². The van der Waals surface area contributed by atoms with Crippen LogP contribution in [0.5, 0.6) is 0 Å². The number of carbonyl (C=O) groups excluding carboxylic acids is 2. The van der Waals surface area contributed by atoms with E-state index in [4.69, 9.17) is 14.2 Å². The van der Waals surface area contributed by atoms with Crippen molar-refractivity contribution in [2.45, 2.75) is 284 Å². The SMILES string of the molecule is CC/C=C\C/C=C\C/C=C\CCCCCCCCOCC(COC(=O)CCCCCCCCCCC/C=C\CCCCCCCC)OC(=O)CCCCCCC/C=C\C/C=C\CCCCC. The van der Waals surface area contributed by atoms with Gasteiger partial charge in [0, 0.05) is 19.4 Å². The molecule has 0 heterocycles. The molecule has 0 aromatic rings. The van der Waals surface area contributed by atoms with Gasteiger partial charge in [-0.3, -0.25) is 9.59 Å². The predicted molar refractivity (Wildman–Crippen MR) is 288 cm³/mol. The van der Waals surface area contributed by atoms with Crippen LogP contribution in [0.3, 0.4) is 0 Å². The molecule has 0 rings (SSSR count). The third-order valence-corrected chi connectivity index (χ3v) is 12.2. The second kappa shape index (κ2) is 56.7. The summed E-state index contributed by atoms with van der Waals surface area (Å²) in [5.74, 6) is -0.416. The Kier molecular flexibility index (Phi) is 54.4. The third kappa shape index (κ3) is 54.0. The van der Waals surface area contributed by atoms with Crippen LogP contribution >= 0.6 is 0 Å². The fourth-order valence-corrected chi connectivity index (χ4v) is 7.96. The monoisotopic (exact) mass is 921 g/mol. The maximum atomic E-state index is 12.8. The topological polar surface area (TPSA) is 61.8 Å². The van der Waals surface area contributed by atoms with E-state index in [1.807, 2.05) is 0 Å². The van der Waals surface area contributed by atoms with E-state index in [2.05, 4.69) is 93.7 Å². The van der Waals surface area contributed by atoms with Crippen molar-refractivity contribution >= 4 is 11.9 Å². The summed E-state index contributed by atoms with van der Waals surface area (Å²) in [5, 5.41) is 0. The molecular weight excluding hydrogens is 813 g/mol. The fourth-order valence-electron chi connectivity index (χ4n) is 7.96. The molecule has 0 saturated heterocycles. The highest BCUT2D eigenvalue weighted by atomic mass is 16.6. The number of hydrogen-bond donors (Lipinski definition) is 0. The zero-order valence-electron chi connectivity index (χ0n) is 44.0. The lowest BCUT2D eigenvalue weighted by Gasteiger charge is -2.18. The molecule has 0 fully saturated rings. The van der Waals surface area contributed by atoms with Crippen molar-refractivity contribution in [3.63, 3.8) is 0 Å². The quantitative estimate of drug-likeness (QED) is 0.0346. The first-order chi connectivity index (χ1) is 32.6. The van der Waals surface area contributed by atoms with Gasteiger partial charge < -0.3 is 14.2 Å². The Morgan fingerprint density at radius 3 is 1.14 bits per heavy atom. The summed E-state index contributed by atoms with van der Waals surface area (Å²) in [7, 11) is 0. The van der Waals surface area contributed by atoms with Gasteiger partial charge in [-0.1, -0.05) is 229 Å². The van der Waals surface area contributed by atoms with E-state index in [-0.39, 0.29) is 25.2 Å². The lowest BCUT2D eigenvalue weighted by Crippen LogP contribution is -2.30. The molecule has 66 heavy (non-hydrogen) atoms. The number of allylic oxidation sites excluding steroid dienone is 12. The Morgan fingerprint density at radius 1 is 0.348 bits per heavy atom. The summed E-state index contributed by atoms with van der Waals surface area (Å²) < 4.78 is 17.5. The van der Waals surface area contributed by atoms with Gasteiger partial charge in [-0.15, -0.1) is 0 Å². The lowest BCUT2D eigenvalue weighted by atomic mass is 10.1. The molecule has 0 N–H and O–H groups in total. The van der Waals surface area contributed by atoms with E-state index in [0.29, 0.717) is 19.4 Å². The normalized spacial score (nSPS) is 12.7. The number of carbonyl (C=O) groups is 2. The molecule has 5 heteroatoms. The van der Waals surface area contributed by atoms with Crippen LogP contribution in [0.1, 0.15) is 278 Å². The van der Waals surface area contributed by atoms with Gasteiger partial charge in [0.2, 0.25) is 0 Å². The van der Waals surface area contributed by atoms with Gasteiger partial charge >= 0.3 is 11.9 Å². The minimum atomic E-state index is -0.554. The Hall–Kier alpha value is -2.66. The summed E-state index contributed by atoms with van der Waals surface area (Å²) in [6, 6.07) is 0. The Labute approximate surface area is 410 Å². The number of unbranched alkanes of at least 4 members (excludes halogenated alkanes) is 29. The lowest BCUT2D eigenvalue weighted by molar-refractivity contribution is -0.163. The molecule has 0 aromatic carbocycles. The highest BCUT2D eigenvalue weighted by molar-refractivity contribution is 5.70. The van der Waals surface area contributed by atoms with E-state index < -0.39 is 6.10 Å². The van der Waals surface area contributed by atoms with Crippen LogP contribution in [0.2, 0.25) is 0 Å². The number of esters is 2. The molecule has 0 aromatic heterocycles. The van der Waals surface area contributed by atoms with Gasteiger partial charge in [0.25, 0.3) is 0 Å². The van der Waals surface area contributed by atoms with Crippen molar-refractivity contribution in [3.8, 4) is 0 Å². The summed E-state index contributed by atoms with van der Waals surface area (Å²) in [5.41, 5.74) is 0. The summed E-state index contributed by atoms with van der Waals surface area (Å²) in [4.78, 5) is 25.5. The highest BCUT2D eigenvalue weighted by Crippen LogP contribution is 2.15. The van der Waals surface area contributed by atoms with Crippen LogP contribution in [0.15, 0.2) is 72.9 Å². The summed E-state index contributed by atoms with van der Waals surface area (Å²) in [6.45, 7) is 7.67. The number of hydrogen-bond acceptors (Lipinski definition) is 5. The van der Waals surface area contributed by atoms with Gasteiger partial charge in [-0.05, 0) is 109 Å². The third-order valence-electron chi connectivity index (χ3n) is 12.2.